The van der Waals surface area contributed by atoms with E-state index in [0.717, 1.165) is 27.9 Å². The van der Waals surface area contributed by atoms with Crippen molar-refractivity contribution in [1.82, 2.24) is 3.97 Å². The Morgan fingerprint density at radius 1 is 0.725 bits per heavy atom. The van der Waals surface area contributed by atoms with Crippen LogP contribution in [0.4, 0.5) is 5.69 Å². The summed E-state index contributed by atoms with van der Waals surface area (Å²) in [6.45, 7) is 1.95. The quantitative estimate of drug-likeness (QED) is 0.225. The summed E-state index contributed by atoms with van der Waals surface area (Å²) in [5.74, 6) is 0. The molecule has 0 N–H and O–H groups in total. The van der Waals surface area contributed by atoms with Gasteiger partial charge in [-0.15, -0.1) is 0 Å². The van der Waals surface area contributed by atoms with Crippen LogP contribution in [-0.4, -0.2) is 18.1 Å². The maximum Gasteiger partial charge on any atom is 0.268 e. The van der Waals surface area contributed by atoms with Crippen molar-refractivity contribution in [3.8, 4) is 0 Å². The highest BCUT2D eigenvalue weighted by atomic mass is 32.2. The van der Waals surface area contributed by atoms with Crippen LogP contribution in [0.3, 0.4) is 0 Å². The molecule has 0 fully saturated rings. The maximum absolute atomic E-state index is 13.8. The third-order valence-corrected chi connectivity index (χ3v) is 9.37. The van der Waals surface area contributed by atoms with E-state index in [1.54, 1.807) is 18.3 Å². The Kier molecular flexibility index (Phi) is 5.79. The number of aromatic nitrogens is 1. The van der Waals surface area contributed by atoms with E-state index in [1.165, 1.54) is 20.3 Å². The molecule has 0 radical (unpaired) electrons. The Morgan fingerprint density at radius 2 is 1.40 bits per heavy atom. The molecule has 0 spiro atoms. The minimum Gasteiger partial charge on any atom is -0.257 e. The second-order valence-corrected chi connectivity index (χ2v) is 12.0. The van der Waals surface area contributed by atoms with Gasteiger partial charge in [-0.3, -0.25) is 5.01 Å². The van der Waals surface area contributed by atoms with Gasteiger partial charge in [-0.25, -0.2) is 12.4 Å². The molecule has 1 aliphatic rings. The maximum atomic E-state index is 13.8. The highest BCUT2D eigenvalue weighted by molar-refractivity contribution is 7.90. The number of aryl methyl sites for hydroxylation is 1. The fraction of sp³-hybridized carbons (Fsp3) is 0.0882. The van der Waals surface area contributed by atoms with Crippen LogP contribution < -0.4 is 5.01 Å². The van der Waals surface area contributed by atoms with Gasteiger partial charge in [0.15, 0.2) is 0 Å². The van der Waals surface area contributed by atoms with Gasteiger partial charge >= 0.3 is 0 Å². The molecule has 6 aromatic rings. The smallest absolute Gasteiger partial charge is 0.257 e. The molecule has 1 unspecified atom stereocenters. The van der Waals surface area contributed by atoms with E-state index in [1.807, 2.05) is 61.5 Å². The van der Waals surface area contributed by atoms with Crippen LogP contribution >= 0.6 is 0 Å². The lowest BCUT2D eigenvalue weighted by molar-refractivity contribution is 0.589. The van der Waals surface area contributed by atoms with Gasteiger partial charge in [0.25, 0.3) is 10.0 Å². The molecule has 0 bridgehead atoms. The van der Waals surface area contributed by atoms with Crippen molar-refractivity contribution in [3.63, 3.8) is 0 Å². The summed E-state index contributed by atoms with van der Waals surface area (Å²) in [6.07, 6.45) is 2.38. The molecule has 0 amide bonds. The first kappa shape index (κ1) is 24.4. The number of hydrogen-bond acceptors (Lipinski definition) is 4. The average molecular weight is 542 g/mol. The normalized spacial score (nSPS) is 15.6. The fourth-order valence-electron chi connectivity index (χ4n) is 5.68. The van der Waals surface area contributed by atoms with Crippen LogP contribution in [0.5, 0.6) is 0 Å². The van der Waals surface area contributed by atoms with Crippen LogP contribution in [0.15, 0.2) is 138 Å². The Bertz CT molecular complexity index is 2000. The molecule has 1 aromatic heterocycles. The molecular formula is C34H27N3O2S. The first-order valence-corrected chi connectivity index (χ1v) is 14.8. The Morgan fingerprint density at radius 3 is 2.20 bits per heavy atom. The summed E-state index contributed by atoms with van der Waals surface area (Å²) in [5.41, 5.74) is 5.52. The third-order valence-electron chi connectivity index (χ3n) is 7.68. The molecule has 196 valence electrons. The highest BCUT2D eigenvalue weighted by Crippen LogP contribution is 2.40. The van der Waals surface area contributed by atoms with Crippen molar-refractivity contribution in [3.05, 3.63) is 144 Å². The van der Waals surface area contributed by atoms with Crippen molar-refractivity contribution in [2.75, 3.05) is 5.01 Å². The lowest BCUT2D eigenvalue weighted by Gasteiger charge is -2.25. The van der Waals surface area contributed by atoms with Gasteiger partial charge in [0.05, 0.1) is 27.9 Å². The van der Waals surface area contributed by atoms with Gasteiger partial charge in [-0.2, -0.15) is 5.10 Å². The van der Waals surface area contributed by atoms with Gasteiger partial charge in [0, 0.05) is 23.6 Å². The van der Waals surface area contributed by atoms with Crippen molar-refractivity contribution < 1.29 is 8.42 Å². The molecule has 1 aliphatic heterocycles. The Labute approximate surface area is 233 Å². The fourth-order valence-corrected chi connectivity index (χ4v) is 7.05. The average Bonchev–Trinajstić information content (AvgIpc) is 3.60. The Hall–Kier alpha value is -4.68. The number of nitrogens with zero attached hydrogens (tertiary/aromatic N) is 3. The molecule has 7 rings (SSSR count). The van der Waals surface area contributed by atoms with Crippen molar-refractivity contribution in [2.45, 2.75) is 24.3 Å². The molecule has 0 saturated heterocycles. The molecule has 6 heteroatoms. The topological polar surface area (TPSA) is 54.7 Å². The van der Waals surface area contributed by atoms with E-state index < -0.39 is 10.0 Å². The minimum absolute atomic E-state index is 0.0423. The summed E-state index contributed by atoms with van der Waals surface area (Å²) in [5, 5.41) is 10.5. The molecule has 5 nitrogen and oxygen atoms in total. The second kappa shape index (κ2) is 9.50. The number of hydrogen-bond donors (Lipinski definition) is 0. The van der Waals surface area contributed by atoms with Crippen LogP contribution in [0.2, 0.25) is 0 Å². The Balaban J connectivity index is 1.39. The highest BCUT2D eigenvalue weighted by Gasteiger charge is 2.33. The molecule has 5 aromatic carbocycles. The van der Waals surface area contributed by atoms with Gasteiger partial charge in [-0.05, 0) is 53.6 Å². The number of fused-ring (bicyclic) bond motifs is 2. The van der Waals surface area contributed by atoms with Gasteiger partial charge in [0.1, 0.15) is 0 Å². The van der Waals surface area contributed by atoms with Gasteiger partial charge < -0.3 is 0 Å². The van der Waals surface area contributed by atoms with Gasteiger partial charge in [0.2, 0.25) is 0 Å². The lowest BCUT2D eigenvalue weighted by Crippen LogP contribution is -2.18. The van der Waals surface area contributed by atoms with Crippen LogP contribution in [0, 0.1) is 6.92 Å². The van der Waals surface area contributed by atoms with Gasteiger partial charge in [-0.1, -0.05) is 96.6 Å². The molecular weight excluding hydrogens is 514 g/mol. The summed E-state index contributed by atoms with van der Waals surface area (Å²) in [7, 11) is -3.80. The zero-order valence-corrected chi connectivity index (χ0v) is 22.8. The lowest BCUT2D eigenvalue weighted by atomic mass is 9.94. The van der Waals surface area contributed by atoms with E-state index in [9.17, 15) is 8.42 Å². The number of rotatable bonds is 5. The minimum atomic E-state index is -3.80. The molecule has 40 heavy (non-hydrogen) atoms. The van der Waals surface area contributed by atoms with E-state index >= 15 is 0 Å². The predicted molar refractivity (Wildman–Crippen MR) is 162 cm³/mol. The van der Waals surface area contributed by atoms with Crippen molar-refractivity contribution in [2.24, 2.45) is 5.10 Å². The number of benzene rings is 5. The monoisotopic (exact) mass is 541 g/mol. The predicted octanol–water partition coefficient (Wildman–Crippen LogP) is 7.70. The third kappa shape index (κ3) is 4.00. The molecule has 0 aliphatic carbocycles. The number of para-hydroxylation sites is 2. The molecule has 1 atom stereocenters. The van der Waals surface area contributed by atoms with Crippen LogP contribution in [0.1, 0.15) is 29.2 Å². The first-order chi connectivity index (χ1) is 19.5. The molecule has 0 saturated carbocycles. The van der Waals surface area contributed by atoms with E-state index in [-0.39, 0.29) is 10.9 Å². The zero-order valence-electron chi connectivity index (χ0n) is 22.0. The second-order valence-electron chi connectivity index (χ2n) is 10.2. The van der Waals surface area contributed by atoms with Crippen LogP contribution in [-0.2, 0) is 10.0 Å². The SMILES string of the molecule is Cc1ccc(S(=O)(=O)n2cc(C3=NN(c4ccccc4)C(c4cccc5ccccc45)C3)c3ccccc32)cc1. The first-order valence-electron chi connectivity index (χ1n) is 13.3. The number of hydrazone groups is 1. The van der Waals surface area contributed by atoms with Crippen molar-refractivity contribution in [1.29, 1.82) is 0 Å². The standard InChI is InChI=1S/C34H27N3O2S/c1-24-18-20-27(21-19-24)40(38,39)36-23-31(30-15-7-8-17-33(30)36)32-22-34(37(35-32)26-12-3-2-4-13-26)29-16-9-11-25-10-5-6-14-28(25)29/h2-21,23,34H,22H2,1H3. The summed E-state index contributed by atoms with van der Waals surface area (Å²) < 4.78 is 29.0. The largest absolute Gasteiger partial charge is 0.268 e. The van der Waals surface area contributed by atoms with E-state index in [2.05, 4.69) is 59.6 Å². The van der Waals surface area contributed by atoms with E-state index in [0.29, 0.717) is 11.9 Å². The molecule has 2 heterocycles. The van der Waals surface area contributed by atoms with Crippen molar-refractivity contribution >= 4 is 43.1 Å². The summed E-state index contributed by atoms with van der Waals surface area (Å²) >= 11 is 0. The summed E-state index contributed by atoms with van der Waals surface area (Å²) in [4.78, 5) is 0.262. The summed E-state index contributed by atoms with van der Waals surface area (Å²) in [6, 6.07) is 39.6. The van der Waals surface area contributed by atoms with E-state index in [4.69, 9.17) is 5.10 Å². The van der Waals surface area contributed by atoms with Crippen LogP contribution in [0.25, 0.3) is 21.7 Å². The number of anilines is 1. The zero-order chi connectivity index (χ0) is 27.3.